The van der Waals surface area contributed by atoms with Crippen LogP contribution in [0.25, 0.3) is 0 Å². The average Bonchev–Trinajstić information content (AvgIpc) is 2.78. The number of hydrogen-bond donors (Lipinski definition) is 0. The second-order valence-corrected chi connectivity index (χ2v) is 5.26. The highest BCUT2D eigenvalue weighted by Crippen LogP contribution is 2.33. The lowest BCUT2D eigenvalue weighted by atomic mass is 10.3. The Bertz CT molecular complexity index is 145. The zero-order chi connectivity index (χ0) is 8.39. The maximum atomic E-state index is 5.82. The van der Waals surface area contributed by atoms with Gasteiger partial charge in [-0.25, -0.2) is 0 Å². The van der Waals surface area contributed by atoms with Gasteiger partial charge in [0.25, 0.3) is 0 Å². The SMILES string of the molecule is BrC1CCCC1OCCC1CC1. The van der Waals surface area contributed by atoms with Crippen molar-refractivity contribution in [1.29, 1.82) is 0 Å². The molecule has 0 bridgehead atoms. The summed E-state index contributed by atoms with van der Waals surface area (Å²) in [4.78, 5) is 0.636. The molecule has 0 aromatic carbocycles. The molecule has 2 aliphatic rings. The summed E-state index contributed by atoms with van der Waals surface area (Å²) < 4.78 is 5.82. The molecule has 2 atom stereocenters. The van der Waals surface area contributed by atoms with Gasteiger partial charge in [0.05, 0.1) is 6.10 Å². The maximum Gasteiger partial charge on any atom is 0.0700 e. The highest BCUT2D eigenvalue weighted by molar-refractivity contribution is 9.09. The quantitative estimate of drug-likeness (QED) is 0.678. The van der Waals surface area contributed by atoms with E-state index in [0.29, 0.717) is 10.9 Å². The molecule has 0 radical (unpaired) electrons. The summed E-state index contributed by atoms with van der Waals surface area (Å²) in [6.07, 6.45) is 8.62. The molecule has 0 amide bonds. The first-order valence-corrected chi connectivity index (χ1v) is 6.03. The fourth-order valence-corrected chi connectivity index (χ4v) is 2.60. The minimum absolute atomic E-state index is 0.517. The predicted molar refractivity (Wildman–Crippen MR) is 53.6 cm³/mol. The number of hydrogen-bond acceptors (Lipinski definition) is 1. The number of halogens is 1. The van der Waals surface area contributed by atoms with Crippen LogP contribution in [0.3, 0.4) is 0 Å². The largest absolute Gasteiger partial charge is 0.377 e. The third-order valence-corrected chi connectivity index (χ3v) is 3.97. The van der Waals surface area contributed by atoms with E-state index < -0.39 is 0 Å². The molecule has 0 aliphatic heterocycles. The highest BCUT2D eigenvalue weighted by atomic mass is 79.9. The Balaban J connectivity index is 1.58. The third-order valence-electron chi connectivity index (χ3n) is 2.93. The van der Waals surface area contributed by atoms with E-state index in [1.165, 1.54) is 38.5 Å². The third kappa shape index (κ3) is 2.46. The van der Waals surface area contributed by atoms with Gasteiger partial charge in [0.2, 0.25) is 0 Å². The van der Waals surface area contributed by atoms with Gasteiger partial charge in [-0.15, -0.1) is 0 Å². The molecule has 2 unspecified atom stereocenters. The van der Waals surface area contributed by atoms with E-state index in [1.54, 1.807) is 0 Å². The summed E-state index contributed by atoms with van der Waals surface area (Å²) in [6.45, 7) is 0.997. The fraction of sp³-hybridized carbons (Fsp3) is 1.00. The van der Waals surface area contributed by atoms with Crippen LogP contribution in [0.15, 0.2) is 0 Å². The van der Waals surface area contributed by atoms with Crippen LogP contribution in [-0.4, -0.2) is 17.5 Å². The van der Waals surface area contributed by atoms with Gasteiger partial charge in [-0.05, 0) is 31.6 Å². The Morgan fingerprint density at radius 1 is 1.17 bits per heavy atom. The van der Waals surface area contributed by atoms with E-state index in [1.807, 2.05) is 0 Å². The van der Waals surface area contributed by atoms with Crippen LogP contribution >= 0.6 is 15.9 Å². The molecule has 2 heteroatoms. The Morgan fingerprint density at radius 2 is 2.00 bits per heavy atom. The second kappa shape index (κ2) is 4.10. The van der Waals surface area contributed by atoms with Crippen molar-refractivity contribution in [2.45, 2.75) is 49.5 Å². The summed E-state index contributed by atoms with van der Waals surface area (Å²) in [5, 5.41) is 0. The van der Waals surface area contributed by atoms with E-state index in [4.69, 9.17) is 4.74 Å². The molecular formula is C10H17BrO. The summed E-state index contributed by atoms with van der Waals surface area (Å²) in [6, 6.07) is 0. The smallest absolute Gasteiger partial charge is 0.0700 e. The van der Waals surface area contributed by atoms with Crippen molar-refractivity contribution >= 4 is 15.9 Å². The van der Waals surface area contributed by atoms with Gasteiger partial charge in [-0.3, -0.25) is 0 Å². The van der Waals surface area contributed by atoms with Gasteiger partial charge in [0, 0.05) is 11.4 Å². The van der Waals surface area contributed by atoms with Gasteiger partial charge >= 0.3 is 0 Å². The normalized spacial score (nSPS) is 35.8. The monoisotopic (exact) mass is 232 g/mol. The van der Waals surface area contributed by atoms with Crippen LogP contribution in [-0.2, 0) is 4.74 Å². The minimum atomic E-state index is 0.517. The van der Waals surface area contributed by atoms with Gasteiger partial charge in [0.15, 0.2) is 0 Å². The van der Waals surface area contributed by atoms with Crippen LogP contribution in [0, 0.1) is 5.92 Å². The molecule has 0 aromatic rings. The molecule has 0 saturated heterocycles. The summed E-state index contributed by atoms with van der Waals surface area (Å²) >= 11 is 3.66. The molecule has 12 heavy (non-hydrogen) atoms. The van der Waals surface area contributed by atoms with Crippen molar-refractivity contribution in [2.24, 2.45) is 5.92 Å². The van der Waals surface area contributed by atoms with Crippen LogP contribution < -0.4 is 0 Å². The summed E-state index contributed by atoms with van der Waals surface area (Å²) in [5.74, 6) is 1.01. The first-order chi connectivity index (χ1) is 5.86. The lowest BCUT2D eigenvalue weighted by Crippen LogP contribution is -2.18. The number of rotatable bonds is 4. The summed E-state index contributed by atoms with van der Waals surface area (Å²) in [5.41, 5.74) is 0. The highest BCUT2D eigenvalue weighted by Gasteiger charge is 2.26. The first-order valence-electron chi connectivity index (χ1n) is 5.12. The van der Waals surface area contributed by atoms with Crippen LogP contribution in [0.4, 0.5) is 0 Å². The van der Waals surface area contributed by atoms with E-state index >= 15 is 0 Å². The zero-order valence-electron chi connectivity index (χ0n) is 7.47. The molecule has 2 rings (SSSR count). The summed E-state index contributed by atoms with van der Waals surface area (Å²) in [7, 11) is 0. The lowest BCUT2D eigenvalue weighted by molar-refractivity contribution is 0.0586. The molecule has 2 aliphatic carbocycles. The van der Waals surface area contributed by atoms with Crippen LogP contribution in [0.5, 0.6) is 0 Å². The van der Waals surface area contributed by atoms with Gasteiger partial charge in [0.1, 0.15) is 0 Å². The zero-order valence-corrected chi connectivity index (χ0v) is 9.05. The molecule has 70 valence electrons. The average molecular weight is 233 g/mol. The van der Waals surface area contributed by atoms with Gasteiger partial charge < -0.3 is 4.74 Å². The van der Waals surface area contributed by atoms with Gasteiger partial charge in [-0.2, -0.15) is 0 Å². The fourth-order valence-electron chi connectivity index (χ4n) is 1.86. The van der Waals surface area contributed by atoms with Crippen molar-refractivity contribution in [1.82, 2.24) is 0 Å². The number of ether oxygens (including phenoxy) is 1. The Hall–Kier alpha value is 0.440. The lowest BCUT2D eigenvalue weighted by Gasteiger charge is -2.14. The molecule has 0 heterocycles. The molecule has 0 aromatic heterocycles. The van der Waals surface area contributed by atoms with E-state index in [9.17, 15) is 0 Å². The molecule has 0 N–H and O–H groups in total. The van der Waals surface area contributed by atoms with Crippen LogP contribution in [0.2, 0.25) is 0 Å². The predicted octanol–water partition coefficient (Wildman–Crippen LogP) is 3.12. The van der Waals surface area contributed by atoms with Crippen LogP contribution in [0.1, 0.15) is 38.5 Å². The minimum Gasteiger partial charge on any atom is -0.377 e. The van der Waals surface area contributed by atoms with Crippen molar-refractivity contribution in [2.75, 3.05) is 6.61 Å². The second-order valence-electron chi connectivity index (χ2n) is 4.09. The molecule has 2 saturated carbocycles. The topological polar surface area (TPSA) is 9.23 Å². The Kier molecular flexibility index (Phi) is 3.08. The van der Waals surface area contributed by atoms with Crippen molar-refractivity contribution in [3.05, 3.63) is 0 Å². The maximum absolute atomic E-state index is 5.82. The molecular weight excluding hydrogens is 216 g/mol. The van der Waals surface area contributed by atoms with Crippen molar-refractivity contribution < 1.29 is 4.74 Å². The van der Waals surface area contributed by atoms with E-state index in [0.717, 1.165) is 12.5 Å². The molecule has 1 nitrogen and oxygen atoms in total. The first kappa shape index (κ1) is 9.01. The van der Waals surface area contributed by atoms with Crippen molar-refractivity contribution in [3.8, 4) is 0 Å². The van der Waals surface area contributed by atoms with E-state index in [2.05, 4.69) is 15.9 Å². The Morgan fingerprint density at radius 3 is 2.58 bits per heavy atom. The van der Waals surface area contributed by atoms with E-state index in [-0.39, 0.29) is 0 Å². The number of alkyl halides is 1. The van der Waals surface area contributed by atoms with Gasteiger partial charge in [-0.1, -0.05) is 28.8 Å². The standard InChI is InChI=1S/C10H17BrO/c11-9-2-1-3-10(9)12-7-6-8-4-5-8/h8-10H,1-7H2. The van der Waals surface area contributed by atoms with Crippen molar-refractivity contribution in [3.63, 3.8) is 0 Å². The molecule has 0 spiro atoms. The molecule has 2 fully saturated rings. The Labute approximate surface area is 83.0 Å².